The fourth-order valence-corrected chi connectivity index (χ4v) is 2.51. The minimum Gasteiger partial charge on any atom is -0.479 e. The number of aliphatic carboxylic acids is 1. The molecule has 0 atom stereocenters. The molecule has 3 nitrogen and oxygen atoms in total. The molecule has 0 radical (unpaired) electrons. The van der Waals surface area contributed by atoms with Crippen LogP contribution < -0.4 is 0 Å². The normalized spacial score (nSPS) is 13.3. The van der Waals surface area contributed by atoms with Gasteiger partial charge in [0.15, 0.2) is 5.60 Å². The standard InChI is InChI=1S/C24H38O3/c1-4-7-8-9-10-11-12-13-14-15-16-17-18-19-20-21-22-27-24(5-2,6-3)23(25)26/h7-8,10-11,13-14,16-17,19-20H,4-6,9,12,15,18,21-22H2,1-3H3,(H,25,26)/b8-7-,11-10-,14-13-,17-16-,20-19-. The third-order valence-electron chi connectivity index (χ3n) is 4.35. The van der Waals surface area contributed by atoms with Crippen molar-refractivity contribution in [1.82, 2.24) is 0 Å². The molecular formula is C24H38O3. The maximum atomic E-state index is 11.3. The van der Waals surface area contributed by atoms with Crippen LogP contribution in [0.5, 0.6) is 0 Å². The Hall–Kier alpha value is -1.87. The van der Waals surface area contributed by atoms with Gasteiger partial charge in [-0.15, -0.1) is 0 Å². The van der Waals surface area contributed by atoms with Crippen molar-refractivity contribution in [1.29, 1.82) is 0 Å². The Kier molecular flexibility index (Phi) is 16.3. The minimum atomic E-state index is -1.03. The topological polar surface area (TPSA) is 46.5 Å². The van der Waals surface area contributed by atoms with E-state index in [0.717, 1.165) is 38.5 Å². The van der Waals surface area contributed by atoms with E-state index < -0.39 is 11.6 Å². The monoisotopic (exact) mass is 374 g/mol. The third kappa shape index (κ3) is 13.0. The first-order chi connectivity index (χ1) is 13.1. The van der Waals surface area contributed by atoms with E-state index in [4.69, 9.17) is 4.74 Å². The summed E-state index contributed by atoms with van der Waals surface area (Å²) in [5.74, 6) is -0.865. The van der Waals surface area contributed by atoms with Gasteiger partial charge in [-0.05, 0) is 51.4 Å². The first-order valence-corrected chi connectivity index (χ1v) is 10.2. The van der Waals surface area contributed by atoms with Crippen molar-refractivity contribution < 1.29 is 14.6 Å². The summed E-state index contributed by atoms with van der Waals surface area (Å²) in [4.78, 5) is 11.3. The Bertz CT molecular complexity index is 506. The van der Waals surface area contributed by atoms with Crippen molar-refractivity contribution in [2.24, 2.45) is 0 Å². The van der Waals surface area contributed by atoms with E-state index in [2.05, 4.69) is 67.7 Å². The fourth-order valence-electron chi connectivity index (χ4n) is 2.51. The van der Waals surface area contributed by atoms with Gasteiger partial charge in [0.1, 0.15) is 0 Å². The largest absolute Gasteiger partial charge is 0.479 e. The summed E-state index contributed by atoms with van der Waals surface area (Å²) in [5.41, 5.74) is -1.03. The van der Waals surface area contributed by atoms with Crippen LogP contribution in [0.1, 0.15) is 72.1 Å². The maximum absolute atomic E-state index is 11.3. The van der Waals surface area contributed by atoms with Crippen LogP contribution in [0, 0.1) is 0 Å². The van der Waals surface area contributed by atoms with Crippen molar-refractivity contribution in [3.63, 3.8) is 0 Å². The highest BCUT2D eigenvalue weighted by Gasteiger charge is 2.35. The van der Waals surface area contributed by atoms with E-state index in [1.807, 2.05) is 13.8 Å². The Morgan fingerprint density at radius 2 is 1.15 bits per heavy atom. The van der Waals surface area contributed by atoms with E-state index in [1.165, 1.54) is 0 Å². The summed E-state index contributed by atoms with van der Waals surface area (Å²) in [5, 5.41) is 9.29. The summed E-state index contributed by atoms with van der Waals surface area (Å²) < 4.78 is 5.62. The second kappa shape index (κ2) is 17.5. The summed E-state index contributed by atoms with van der Waals surface area (Å²) in [6.07, 6.45) is 28.3. The zero-order valence-corrected chi connectivity index (χ0v) is 17.4. The number of rotatable bonds is 16. The first kappa shape index (κ1) is 25.1. The van der Waals surface area contributed by atoms with E-state index in [-0.39, 0.29) is 0 Å². The van der Waals surface area contributed by atoms with Gasteiger partial charge < -0.3 is 9.84 Å². The average molecular weight is 375 g/mol. The second-order valence-electron chi connectivity index (χ2n) is 6.35. The molecule has 0 spiro atoms. The zero-order chi connectivity index (χ0) is 20.2. The van der Waals surface area contributed by atoms with Gasteiger partial charge in [0, 0.05) is 0 Å². The van der Waals surface area contributed by atoms with Gasteiger partial charge in [0.05, 0.1) is 6.61 Å². The van der Waals surface area contributed by atoms with Crippen LogP contribution in [-0.2, 0) is 9.53 Å². The molecule has 0 aromatic carbocycles. The Morgan fingerprint density at radius 1 is 0.741 bits per heavy atom. The molecule has 0 aromatic heterocycles. The van der Waals surface area contributed by atoms with Crippen LogP contribution in [0.25, 0.3) is 0 Å². The highest BCUT2D eigenvalue weighted by atomic mass is 16.5. The first-order valence-electron chi connectivity index (χ1n) is 10.2. The lowest BCUT2D eigenvalue weighted by Gasteiger charge is -2.26. The summed E-state index contributed by atoms with van der Waals surface area (Å²) >= 11 is 0. The molecule has 27 heavy (non-hydrogen) atoms. The van der Waals surface area contributed by atoms with Crippen molar-refractivity contribution >= 4 is 5.97 Å². The molecule has 0 heterocycles. The van der Waals surface area contributed by atoms with Crippen molar-refractivity contribution in [2.75, 3.05) is 6.61 Å². The van der Waals surface area contributed by atoms with E-state index >= 15 is 0 Å². The van der Waals surface area contributed by atoms with E-state index in [9.17, 15) is 9.90 Å². The van der Waals surface area contributed by atoms with Crippen molar-refractivity contribution in [3.05, 3.63) is 60.8 Å². The summed E-state index contributed by atoms with van der Waals surface area (Å²) in [7, 11) is 0. The van der Waals surface area contributed by atoms with Crippen LogP contribution in [-0.4, -0.2) is 23.3 Å². The summed E-state index contributed by atoms with van der Waals surface area (Å²) in [6.45, 7) is 6.30. The number of allylic oxidation sites excluding steroid dienone is 9. The SMILES string of the molecule is CC/C=C\C/C=C\C/C=C\C/C=C\C/C=C\CCOC(CC)(CC)C(=O)O. The maximum Gasteiger partial charge on any atom is 0.335 e. The molecule has 0 saturated carbocycles. The third-order valence-corrected chi connectivity index (χ3v) is 4.35. The van der Waals surface area contributed by atoms with Crippen LogP contribution in [0.15, 0.2) is 60.8 Å². The van der Waals surface area contributed by atoms with E-state index in [1.54, 1.807) is 0 Å². The van der Waals surface area contributed by atoms with Crippen molar-refractivity contribution in [3.8, 4) is 0 Å². The van der Waals surface area contributed by atoms with Gasteiger partial charge in [-0.3, -0.25) is 0 Å². The van der Waals surface area contributed by atoms with Gasteiger partial charge >= 0.3 is 5.97 Å². The molecule has 0 amide bonds. The molecule has 3 heteroatoms. The quantitative estimate of drug-likeness (QED) is 0.239. The minimum absolute atomic E-state index is 0.443. The number of ether oxygens (including phenoxy) is 1. The van der Waals surface area contributed by atoms with Crippen LogP contribution in [0.4, 0.5) is 0 Å². The zero-order valence-electron chi connectivity index (χ0n) is 17.4. The number of carboxylic acids is 1. The predicted molar refractivity (Wildman–Crippen MR) is 116 cm³/mol. The van der Waals surface area contributed by atoms with Gasteiger partial charge in [-0.2, -0.15) is 0 Å². The predicted octanol–water partition coefficient (Wildman–Crippen LogP) is 6.79. The molecule has 0 saturated heterocycles. The van der Waals surface area contributed by atoms with Gasteiger partial charge in [-0.1, -0.05) is 81.5 Å². The number of hydrogen-bond acceptors (Lipinski definition) is 2. The average Bonchev–Trinajstić information content (AvgIpc) is 2.67. The molecule has 1 N–H and O–H groups in total. The molecule has 0 aliphatic carbocycles. The molecule has 0 aliphatic heterocycles. The van der Waals surface area contributed by atoms with Crippen molar-refractivity contribution in [2.45, 2.75) is 77.7 Å². The number of hydrogen-bond donors (Lipinski definition) is 1. The lowest BCUT2D eigenvalue weighted by molar-refractivity contribution is -0.167. The van der Waals surface area contributed by atoms with Gasteiger partial charge in [0.2, 0.25) is 0 Å². The lowest BCUT2D eigenvalue weighted by atomic mass is 9.97. The Morgan fingerprint density at radius 3 is 1.52 bits per heavy atom. The molecular weight excluding hydrogens is 336 g/mol. The lowest BCUT2D eigenvalue weighted by Crippen LogP contribution is -2.40. The molecule has 0 fully saturated rings. The molecule has 0 aromatic rings. The molecule has 0 rings (SSSR count). The Labute approximate surface area is 166 Å². The molecule has 0 unspecified atom stereocenters. The second-order valence-corrected chi connectivity index (χ2v) is 6.35. The van der Waals surface area contributed by atoms with Crippen LogP contribution in [0.3, 0.4) is 0 Å². The van der Waals surface area contributed by atoms with Gasteiger partial charge in [0.25, 0.3) is 0 Å². The highest BCUT2D eigenvalue weighted by molar-refractivity contribution is 5.77. The molecule has 0 aliphatic rings. The van der Waals surface area contributed by atoms with Crippen LogP contribution >= 0.6 is 0 Å². The Balaban J connectivity index is 3.78. The number of carbonyl (C=O) groups is 1. The molecule has 152 valence electrons. The van der Waals surface area contributed by atoms with E-state index in [0.29, 0.717) is 19.4 Å². The molecule has 0 bridgehead atoms. The van der Waals surface area contributed by atoms with Crippen LogP contribution in [0.2, 0.25) is 0 Å². The summed E-state index contributed by atoms with van der Waals surface area (Å²) in [6, 6.07) is 0. The smallest absolute Gasteiger partial charge is 0.335 e. The van der Waals surface area contributed by atoms with Gasteiger partial charge in [-0.25, -0.2) is 4.79 Å². The highest BCUT2D eigenvalue weighted by Crippen LogP contribution is 2.21. The number of carboxylic acid groups (broad SMARTS) is 1. The fraction of sp³-hybridized carbons (Fsp3) is 0.542.